The topological polar surface area (TPSA) is 62.8 Å². The van der Waals surface area contributed by atoms with E-state index < -0.39 is 0 Å². The highest BCUT2D eigenvalue weighted by molar-refractivity contribution is 5.73. The van der Waals surface area contributed by atoms with Gasteiger partial charge in [0.15, 0.2) is 0 Å². The minimum atomic E-state index is -0.257. The largest absolute Gasteiger partial charge is 0.377 e. The summed E-state index contributed by atoms with van der Waals surface area (Å²) in [6.07, 6.45) is 3.05. The Morgan fingerprint density at radius 1 is 1.22 bits per heavy atom. The quantitative estimate of drug-likeness (QED) is 0.801. The summed E-state index contributed by atoms with van der Waals surface area (Å²) in [6.45, 7) is 9.35. The van der Waals surface area contributed by atoms with Crippen LogP contribution in [0.5, 0.6) is 0 Å². The molecule has 150 valence electrons. The summed E-state index contributed by atoms with van der Waals surface area (Å²) < 4.78 is 12.3. The molecule has 0 unspecified atom stereocenters. The molecular formula is C21H33N3O3. The molecule has 6 nitrogen and oxygen atoms in total. The van der Waals surface area contributed by atoms with Gasteiger partial charge in [0.1, 0.15) is 5.60 Å². The summed E-state index contributed by atoms with van der Waals surface area (Å²) in [7, 11) is 0. The first kappa shape index (κ1) is 20.1. The van der Waals surface area contributed by atoms with E-state index in [0.29, 0.717) is 19.7 Å². The Balaban J connectivity index is 1.55. The van der Waals surface area contributed by atoms with Gasteiger partial charge in [0.2, 0.25) is 0 Å². The molecule has 2 heterocycles. The third-order valence-electron chi connectivity index (χ3n) is 5.43. The van der Waals surface area contributed by atoms with Gasteiger partial charge in [-0.1, -0.05) is 31.2 Å². The second-order valence-corrected chi connectivity index (χ2v) is 7.64. The van der Waals surface area contributed by atoms with E-state index in [0.717, 1.165) is 45.5 Å². The van der Waals surface area contributed by atoms with E-state index in [-0.39, 0.29) is 17.7 Å². The molecule has 0 bridgehead atoms. The zero-order valence-electron chi connectivity index (χ0n) is 16.6. The molecule has 2 atom stereocenters. The highest BCUT2D eigenvalue weighted by atomic mass is 16.6. The molecule has 2 N–H and O–H groups in total. The fourth-order valence-electron chi connectivity index (χ4n) is 3.95. The molecule has 0 aromatic heterocycles. The summed E-state index contributed by atoms with van der Waals surface area (Å²) in [5, 5.41) is 5.65. The van der Waals surface area contributed by atoms with E-state index in [1.807, 2.05) is 6.92 Å². The van der Waals surface area contributed by atoms with Crippen molar-refractivity contribution in [3.63, 3.8) is 0 Å². The average Bonchev–Trinajstić information content (AvgIpc) is 2.96. The van der Waals surface area contributed by atoms with Crippen molar-refractivity contribution < 1.29 is 14.3 Å². The smallest absolute Gasteiger partial charge is 0.314 e. The minimum absolute atomic E-state index is 0.0555. The van der Waals surface area contributed by atoms with Gasteiger partial charge in [-0.15, -0.1) is 0 Å². The Morgan fingerprint density at radius 2 is 2.00 bits per heavy atom. The minimum Gasteiger partial charge on any atom is -0.377 e. The number of carbonyl (C=O) groups is 1. The van der Waals surface area contributed by atoms with Gasteiger partial charge in [0, 0.05) is 32.7 Å². The van der Waals surface area contributed by atoms with Crippen LogP contribution in [0.3, 0.4) is 0 Å². The molecule has 1 spiro atoms. The Hall–Kier alpha value is -1.63. The van der Waals surface area contributed by atoms with Gasteiger partial charge in [0.25, 0.3) is 0 Å². The fraction of sp³-hybridized carbons (Fsp3) is 0.667. The molecule has 2 aliphatic rings. The van der Waals surface area contributed by atoms with Crippen LogP contribution in [0.4, 0.5) is 4.79 Å². The van der Waals surface area contributed by atoms with Gasteiger partial charge < -0.3 is 20.1 Å². The van der Waals surface area contributed by atoms with Crippen LogP contribution in [0.25, 0.3) is 0 Å². The van der Waals surface area contributed by atoms with Crippen LogP contribution in [0.15, 0.2) is 24.3 Å². The number of nitrogens with zero attached hydrogens (tertiary/aromatic N) is 1. The molecule has 27 heavy (non-hydrogen) atoms. The molecule has 3 rings (SSSR count). The molecule has 6 heteroatoms. The number of aryl methyl sites for hydroxylation is 1. The lowest BCUT2D eigenvalue weighted by Crippen LogP contribution is -2.46. The van der Waals surface area contributed by atoms with Crippen molar-refractivity contribution in [3.05, 3.63) is 35.4 Å². The second-order valence-electron chi connectivity index (χ2n) is 7.64. The average molecular weight is 376 g/mol. The zero-order chi connectivity index (χ0) is 19.1. The first-order chi connectivity index (χ1) is 13.1. The predicted octanol–water partition coefficient (Wildman–Crippen LogP) is 2.32. The standard InChI is InChI=1S/C21H33N3O3/c1-3-17-5-7-18(8-6-17)14-24-11-12-26-16-21(15-24)10-9-19(27-21)13-23-20(25)22-4-2/h5-8,19H,3-4,9-16H2,1-2H3,(H2,22,23,25)/t19-,21-/m0/s1. The van der Waals surface area contributed by atoms with Crippen molar-refractivity contribution in [1.29, 1.82) is 0 Å². The van der Waals surface area contributed by atoms with E-state index in [2.05, 4.69) is 46.7 Å². The monoisotopic (exact) mass is 375 g/mol. The van der Waals surface area contributed by atoms with Crippen LogP contribution in [0.2, 0.25) is 0 Å². The molecule has 0 saturated carbocycles. The van der Waals surface area contributed by atoms with Crippen molar-refractivity contribution in [1.82, 2.24) is 15.5 Å². The maximum atomic E-state index is 11.6. The van der Waals surface area contributed by atoms with Crippen LogP contribution in [0, 0.1) is 0 Å². The summed E-state index contributed by atoms with van der Waals surface area (Å²) in [5.41, 5.74) is 2.45. The van der Waals surface area contributed by atoms with Crippen molar-refractivity contribution in [2.45, 2.75) is 51.4 Å². The van der Waals surface area contributed by atoms with Crippen LogP contribution in [0.1, 0.15) is 37.8 Å². The van der Waals surface area contributed by atoms with Crippen LogP contribution in [-0.4, -0.2) is 62.0 Å². The van der Waals surface area contributed by atoms with Gasteiger partial charge in [0.05, 0.1) is 19.3 Å². The molecule has 2 amide bonds. The van der Waals surface area contributed by atoms with E-state index in [1.165, 1.54) is 11.1 Å². The van der Waals surface area contributed by atoms with Gasteiger partial charge in [-0.3, -0.25) is 4.90 Å². The number of benzene rings is 1. The summed E-state index contributed by atoms with van der Waals surface area (Å²) >= 11 is 0. The lowest BCUT2D eigenvalue weighted by Gasteiger charge is -2.32. The molecule has 2 fully saturated rings. The normalized spacial score (nSPS) is 26.1. The number of ether oxygens (including phenoxy) is 2. The van der Waals surface area contributed by atoms with E-state index in [1.54, 1.807) is 0 Å². The maximum Gasteiger partial charge on any atom is 0.314 e. The molecular weight excluding hydrogens is 342 g/mol. The molecule has 2 saturated heterocycles. The van der Waals surface area contributed by atoms with Crippen LogP contribution in [-0.2, 0) is 22.4 Å². The predicted molar refractivity (Wildman–Crippen MR) is 106 cm³/mol. The number of hydrogen-bond donors (Lipinski definition) is 2. The second kappa shape index (κ2) is 9.53. The van der Waals surface area contributed by atoms with Gasteiger partial charge >= 0.3 is 6.03 Å². The number of urea groups is 1. The molecule has 1 aromatic rings. The number of amides is 2. The molecule has 0 radical (unpaired) electrons. The number of rotatable bonds is 6. The Labute approximate surface area is 162 Å². The molecule has 1 aromatic carbocycles. The number of nitrogens with one attached hydrogen (secondary N) is 2. The summed E-state index contributed by atoms with van der Waals surface area (Å²) in [4.78, 5) is 14.1. The molecule has 0 aliphatic carbocycles. The Bertz CT molecular complexity index is 607. The third kappa shape index (κ3) is 5.67. The Kier molecular flexibility index (Phi) is 7.10. The van der Waals surface area contributed by atoms with Gasteiger partial charge in [-0.2, -0.15) is 0 Å². The SMILES string of the molecule is CCNC(=O)NC[C@@H]1CC[C@]2(COCCN(Cc3ccc(CC)cc3)C2)O1. The van der Waals surface area contributed by atoms with Gasteiger partial charge in [-0.25, -0.2) is 4.79 Å². The van der Waals surface area contributed by atoms with Crippen LogP contribution < -0.4 is 10.6 Å². The lowest BCUT2D eigenvalue weighted by atomic mass is 9.99. The number of carbonyl (C=O) groups excluding carboxylic acids is 1. The van der Waals surface area contributed by atoms with Crippen molar-refractivity contribution >= 4 is 6.03 Å². The van der Waals surface area contributed by atoms with E-state index >= 15 is 0 Å². The van der Waals surface area contributed by atoms with E-state index in [9.17, 15) is 4.79 Å². The lowest BCUT2D eigenvalue weighted by molar-refractivity contribution is -0.0847. The van der Waals surface area contributed by atoms with Crippen molar-refractivity contribution in [2.24, 2.45) is 0 Å². The zero-order valence-corrected chi connectivity index (χ0v) is 16.6. The maximum absolute atomic E-state index is 11.6. The third-order valence-corrected chi connectivity index (χ3v) is 5.43. The van der Waals surface area contributed by atoms with E-state index in [4.69, 9.17) is 9.47 Å². The fourth-order valence-corrected chi connectivity index (χ4v) is 3.95. The first-order valence-corrected chi connectivity index (χ1v) is 10.2. The number of hydrogen-bond acceptors (Lipinski definition) is 4. The van der Waals surface area contributed by atoms with Crippen LogP contribution >= 0.6 is 0 Å². The highest BCUT2D eigenvalue weighted by Crippen LogP contribution is 2.33. The summed E-state index contributed by atoms with van der Waals surface area (Å²) in [6, 6.07) is 8.76. The van der Waals surface area contributed by atoms with Crippen molar-refractivity contribution in [2.75, 3.05) is 39.4 Å². The molecule has 2 aliphatic heterocycles. The Morgan fingerprint density at radius 3 is 2.74 bits per heavy atom. The summed E-state index contributed by atoms with van der Waals surface area (Å²) in [5.74, 6) is 0. The highest BCUT2D eigenvalue weighted by Gasteiger charge is 2.43. The first-order valence-electron chi connectivity index (χ1n) is 10.2. The van der Waals surface area contributed by atoms with Gasteiger partial charge in [-0.05, 0) is 37.3 Å². The van der Waals surface area contributed by atoms with Crippen molar-refractivity contribution in [3.8, 4) is 0 Å².